The first-order valence-corrected chi connectivity index (χ1v) is 3.33. The van der Waals surface area contributed by atoms with Crippen LogP contribution in [-0.2, 0) is 0 Å². The molecule has 4 nitrogen and oxygen atoms in total. The highest BCUT2D eigenvalue weighted by atomic mass is 15.2. The molecule has 0 bridgehead atoms. The maximum absolute atomic E-state index is 3.96. The molecule has 0 aliphatic rings. The summed E-state index contributed by atoms with van der Waals surface area (Å²) in [6.07, 6.45) is 1.57. The summed E-state index contributed by atoms with van der Waals surface area (Å²) in [6, 6.07) is 3.69. The zero-order valence-corrected chi connectivity index (χ0v) is 6.57. The molecule has 0 saturated heterocycles. The lowest BCUT2D eigenvalue weighted by Gasteiger charge is -1.91. The van der Waals surface area contributed by atoms with Crippen LogP contribution in [0.3, 0.4) is 0 Å². The van der Waals surface area contributed by atoms with Crippen molar-refractivity contribution in [3.8, 4) is 0 Å². The smallest absolute Gasteiger partial charge is 0.175 e. The van der Waals surface area contributed by atoms with Crippen molar-refractivity contribution in [1.29, 1.82) is 0 Å². The summed E-state index contributed by atoms with van der Waals surface area (Å²) in [5.74, 6) is 0.616. The van der Waals surface area contributed by atoms with Crippen LogP contribution in [0.25, 0.3) is 0 Å². The second-order valence-corrected chi connectivity index (χ2v) is 2.08. The Bertz CT molecular complexity index is 239. The normalized spacial score (nSPS) is 10.4. The molecule has 0 amide bonds. The number of nitrogens with zero attached hydrogens (tertiary/aromatic N) is 3. The zero-order valence-electron chi connectivity index (χ0n) is 6.57. The van der Waals surface area contributed by atoms with E-state index in [9.17, 15) is 0 Å². The number of nitrogens with one attached hydrogen (secondary N) is 1. The van der Waals surface area contributed by atoms with Gasteiger partial charge in [-0.15, -0.1) is 5.10 Å². The summed E-state index contributed by atoms with van der Waals surface area (Å²) < 4.78 is 0. The Morgan fingerprint density at radius 2 is 2.27 bits per heavy atom. The monoisotopic (exact) mass is 150 g/mol. The van der Waals surface area contributed by atoms with Crippen LogP contribution in [0.4, 0.5) is 5.82 Å². The van der Waals surface area contributed by atoms with E-state index in [0.717, 1.165) is 5.69 Å². The van der Waals surface area contributed by atoms with Gasteiger partial charge in [-0.3, -0.25) is 0 Å². The molecule has 0 saturated carbocycles. The first-order chi connectivity index (χ1) is 5.33. The van der Waals surface area contributed by atoms with Gasteiger partial charge in [-0.25, -0.2) is 4.99 Å². The first-order valence-electron chi connectivity index (χ1n) is 3.33. The minimum atomic E-state index is 0.616. The molecule has 0 fully saturated rings. The fourth-order valence-corrected chi connectivity index (χ4v) is 0.591. The predicted molar refractivity (Wildman–Crippen MR) is 44.0 cm³/mol. The van der Waals surface area contributed by atoms with Crippen LogP contribution in [0.2, 0.25) is 0 Å². The van der Waals surface area contributed by atoms with Crippen LogP contribution in [0.1, 0.15) is 5.69 Å². The molecule has 4 heteroatoms. The van der Waals surface area contributed by atoms with Gasteiger partial charge in [0.2, 0.25) is 0 Å². The van der Waals surface area contributed by atoms with Crippen molar-refractivity contribution in [1.82, 2.24) is 15.5 Å². The molecule has 0 atom stereocenters. The standard InChI is InChI=1S/C7H10N4/c1-6-3-4-7(11-10-6)9-5-8-2/h3-5H,1-2H3,(H,8,9,11). The molecule has 1 aromatic rings. The second-order valence-electron chi connectivity index (χ2n) is 2.08. The van der Waals surface area contributed by atoms with Crippen molar-refractivity contribution in [3.05, 3.63) is 17.8 Å². The van der Waals surface area contributed by atoms with Crippen molar-refractivity contribution in [2.24, 2.45) is 4.99 Å². The number of hydrogen-bond donors (Lipinski definition) is 1. The molecule has 1 rings (SSSR count). The third-order valence-corrected chi connectivity index (χ3v) is 1.11. The summed E-state index contributed by atoms with van der Waals surface area (Å²) in [5, 5.41) is 10.4. The summed E-state index contributed by atoms with van der Waals surface area (Å²) in [7, 11) is 1.78. The van der Waals surface area contributed by atoms with Crippen molar-refractivity contribution in [3.63, 3.8) is 0 Å². The predicted octanol–water partition coefficient (Wildman–Crippen LogP) is 0.664. The average Bonchev–Trinajstić information content (AvgIpc) is 2.04. The van der Waals surface area contributed by atoms with E-state index in [2.05, 4.69) is 20.5 Å². The summed E-state index contributed by atoms with van der Waals surface area (Å²) >= 11 is 0. The van der Waals surface area contributed by atoms with Gasteiger partial charge in [0.25, 0.3) is 0 Å². The highest BCUT2D eigenvalue weighted by Crippen LogP contribution is 2.03. The third-order valence-electron chi connectivity index (χ3n) is 1.11. The quantitative estimate of drug-likeness (QED) is 0.497. The van der Waals surface area contributed by atoms with Crippen LogP contribution in [0.5, 0.6) is 0 Å². The van der Waals surface area contributed by atoms with Crippen LogP contribution >= 0.6 is 0 Å². The topological polar surface area (TPSA) is 50.2 Å². The Morgan fingerprint density at radius 1 is 1.45 bits per heavy atom. The van der Waals surface area contributed by atoms with Gasteiger partial charge in [0.05, 0.1) is 12.0 Å². The van der Waals surface area contributed by atoms with Crippen LogP contribution in [0.15, 0.2) is 17.1 Å². The average molecular weight is 150 g/mol. The molecule has 0 aliphatic carbocycles. The number of hydrogen-bond acceptors (Lipinski definition) is 3. The molecule has 11 heavy (non-hydrogen) atoms. The number of aryl methyl sites for hydroxylation is 1. The number of aromatic nitrogens is 2. The Hall–Kier alpha value is -1.45. The van der Waals surface area contributed by atoms with Crippen molar-refractivity contribution >= 4 is 12.2 Å². The molecule has 0 aliphatic heterocycles. The lowest BCUT2D eigenvalue weighted by atomic mass is 10.4. The highest BCUT2D eigenvalue weighted by molar-refractivity contribution is 5.58. The molecule has 1 heterocycles. The lowest BCUT2D eigenvalue weighted by Crippen LogP contribution is -2.00. The SMILES string of the molecule is CN/C=N/c1ccc(C)nn1. The summed E-state index contributed by atoms with van der Waals surface area (Å²) in [6.45, 7) is 1.89. The number of rotatable bonds is 2. The van der Waals surface area contributed by atoms with Crippen molar-refractivity contribution < 1.29 is 0 Å². The minimum Gasteiger partial charge on any atom is -0.379 e. The zero-order chi connectivity index (χ0) is 8.10. The third kappa shape index (κ3) is 2.33. The molecule has 1 N–H and O–H groups in total. The van der Waals surface area contributed by atoms with Gasteiger partial charge in [0.15, 0.2) is 5.82 Å². The van der Waals surface area contributed by atoms with Gasteiger partial charge in [-0.05, 0) is 19.1 Å². The van der Waals surface area contributed by atoms with E-state index in [1.165, 1.54) is 0 Å². The highest BCUT2D eigenvalue weighted by Gasteiger charge is 1.88. The van der Waals surface area contributed by atoms with E-state index in [0.29, 0.717) is 5.82 Å². The largest absolute Gasteiger partial charge is 0.379 e. The van der Waals surface area contributed by atoms with Crippen LogP contribution in [-0.4, -0.2) is 23.6 Å². The van der Waals surface area contributed by atoms with Crippen molar-refractivity contribution in [2.75, 3.05) is 7.05 Å². The fourth-order valence-electron chi connectivity index (χ4n) is 0.591. The molecular weight excluding hydrogens is 140 g/mol. The Balaban J connectivity index is 2.73. The Kier molecular flexibility index (Phi) is 2.54. The molecular formula is C7H10N4. The van der Waals surface area contributed by atoms with Crippen molar-refractivity contribution in [2.45, 2.75) is 6.92 Å². The van der Waals surface area contributed by atoms with Gasteiger partial charge >= 0.3 is 0 Å². The summed E-state index contributed by atoms with van der Waals surface area (Å²) in [4.78, 5) is 3.96. The van der Waals surface area contributed by atoms with Gasteiger partial charge in [0.1, 0.15) is 0 Å². The van der Waals surface area contributed by atoms with Crippen LogP contribution < -0.4 is 5.32 Å². The van der Waals surface area contributed by atoms with Gasteiger partial charge in [-0.2, -0.15) is 5.10 Å². The van der Waals surface area contributed by atoms with E-state index in [1.807, 2.05) is 19.1 Å². The maximum Gasteiger partial charge on any atom is 0.175 e. The van der Waals surface area contributed by atoms with E-state index in [1.54, 1.807) is 13.4 Å². The van der Waals surface area contributed by atoms with E-state index in [-0.39, 0.29) is 0 Å². The maximum atomic E-state index is 3.96. The van der Waals surface area contributed by atoms with E-state index >= 15 is 0 Å². The van der Waals surface area contributed by atoms with E-state index < -0.39 is 0 Å². The molecule has 1 aromatic heterocycles. The fraction of sp³-hybridized carbons (Fsp3) is 0.286. The first kappa shape index (κ1) is 7.65. The lowest BCUT2D eigenvalue weighted by molar-refractivity contribution is 0.975. The Morgan fingerprint density at radius 3 is 2.82 bits per heavy atom. The molecule has 0 unspecified atom stereocenters. The van der Waals surface area contributed by atoms with Crippen LogP contribution in [0, 0.1) is 6.92 Å². The molecule has 0 radical (unpaired) electrons. The Labute approximate surface area is 65.4 Å². The minimum absolute atomic E-state index is 0.616. The van der Waals surface area contributed by atoms with Gasteiger partial charge in [-0.1, -0.05) is 0 Å². The van der Waals surface area contributed by atoms with Gasteiger partial charge in [0, 0.05) is 7.05 Å². The molecule has 0 aromatic carbocycles. The second kappa shape index (κ2) is 3.65. The number of aliphatic imine (C=N–C) groups is 1. The molecule has 0 spiro atoms. The summed E-state index contributed by atoms with van der Waals surface area (Å²) in [5.41, 5.74) is 0.897. The van der Waals surface area contributed by atoms with E-state index in [4.69, 9.17) is 0 Å². The van der Waals surface area contributed by atoms with Gasteiger partial charge < -0.3 is 5.32 Å². The molecule has 58 valence electrons.